The number of amides is 1. The summed E-state index contributed by atoms with van der Waals surface area (Å²) in [6.07, 6.45) is 4.50. The van der Waals surface area contributed by atoms with Gasteiger partial charge in [-0.1, -0.05) is 18.2 Å². The van der Waals surface area contributed by atoms with Gasteiger partial charge in [0.2, 0.25) is 5.88 Å². The van der Waals surface area contributed by atoms with Crippen LogP contribution in [-0.4, -0.2) is 21.7 Å². The van der Waals surface area contributed by atoms with Crippen molar-refractivity contribution >= 4 is 28.4 Å². The molecule has 7 nitrogen and oxygen atoms in total. The molecule has 0 saturated heterocycles. The number of nitrogen functional groups attached to an aromatic ring is 1. The molecule has 1 amide bonds. The predicted molar refractivity (Wildman–Crippen MR) is 134 cm³/mol. The van der Waals surface area contributed by atoms with Gasteiger partial charge in [-0.15, -0.1) is 0 Å². The van der Waals surface area contributed by atoms with Crippen LogP contribution in [0.1, 0.15) is 39.2 Å². The lowest BCUT2D eigenvalue weighted by Crippen LogP contribution is -2.18. The van der Waals surface area contributed by atoms with Gasteiger partial charge in [0.1, 0.15) is 5.75 Å². The van der Waals surface area contributed by atoms with Crippen LogP contribution >= 0.6 is 0 Å². The third kappa shape index (κ3) is 4.29. The Balaban J connectivity index is 1.51. The normalized spacial score (nSPS) is 13.6. The van der Waals surface area contributed by atoms with Gasteiger partial charge in [0, 0.05) is 41.0 Å². The molecule has 2 aromatic heterocycles. The van der Waals surface area contributed by atoms with Crippen molar-refractivity contribution in [3.63, 3.8) is 0 Å². The second-order valence-electron chi connectivity index (χ2n) is 8.82. The number of fused-ring (bicyclic) bond motifs is 1. The molecule has 2 heterocycles. The smallest absolute Gasteiger partial charge is 0.411 e. The van der Waals surface area contributed by atoms with Crippen molar-refractivity contribution < 1.29 is 14.3 Å². The summed E-state index contributed by atoms with van der Waals surface area (Å²) in [5.74, 6) is 1.27. The summed E-state index contributed by atoms with van der Waals surface area (Å²) in [4.78, 5) is 16.2. The third-order valence-electron chi connectivity index (χ3n) is 6.06. The van der Waals surface area contributed by atoms with Gasteiger partial charge in [0.05, 0.1) is 23.0 Å². The molecule has 7 heteroatoms. The molecule has 0 spiro atoms. The Labute approximate surface area is 198 Å². The zero-order valence-electron chi connectivity index (χ0n) is 19.3. The number of benzene rings is 2. The number of pyridine rings is 1. The summed E-state index contributed by atoms with van der Waals surface area (Å²) in [5, 5.41) is 3.76. The topological polar surface area (TPSA) is 91.4 Å². The van der Waals surface area contributed by atoms with E-state index < -0.39 is 6.09 Å². The summed E-state index contributed by atoms with van der Waals surface area (Å²) in [6.45, 7) is 3.63. The molecule has 1 fully saturated rings. The van der Waals surface area contributed by atoms with E-state index in [0.717, 1.165) is 46.4 Å². The summed E-state index contributed by atoms with van der Waals surface area (Å²) < 4.78 is 13.5. The number of hydrogen-bond acceptors (Lipinski definition) is 5. The maximum absolute atomic E-state index is 11.9. The van der Waals surface area contributed by atoms with Gasteiger partial charge < -0.3 is 19.8 Å². The standard InChI is InChI=1S/C27H28N4O3/c1-17(2)33-27(32)30-19-11-9-18(10-12-19)26-25(28)22-14-13-21(34-24-8-3-4-15-29-24)16-23(22)31(26)20-6-5-7-20/h3-4,8-17,20H,5-7,28H2,1-2H3,(H,30,32). The molecule has 0 radical (unpaired) electrons. The van der Waals surface area contributed by atoms with Crippen LogP contribution in [0.2, 0.25) is 0 Å². The second kappa shape index (κ2) is 9.09. The third-order valence-corrected chi connectivity index (χ3v) is 6.06. The lowest BCUT2D eigenvalue weighted by Gasteiger charge is -2.30. The Morgan fingerprint density at radius 1 is 1.12 bits per heavy atom. The van der Waals surface area contributed by atoms with E-state index in [2.05, 4.69) is 14.9 Å². The molecule has 3 N–H and O–H groups in total. The Hall–Kier alpha value is -4.00. The molecule has 0 aliphatic heterocycles. The maximum atomic E-state index is 11.9. The SMILES string of the molecule is CC(C)OC(=O)Nc1ccc(-c2c(N)c3ccc(Oc4ccccn4)cc3n2C2CCC2)cc1. The van der Waals surface area contributed by atoms with Gasteiger partial charge in [-0.05, 0) is 63.4 Å². The highest BCUT2D eigenvalue weighted by atomic mass is 16.6. The molecule has 0 unspecified atom stereocenters. The quantitative estimate of drug-likeness (QED) is 0.334. The first-order valence-corrected chi connectivity index (χ1v) is 11.6. The number of hydrogen-bond donors (Lipinski definition) is 2. The van der Waals surface area contributed by atoms with E-state index in [1.807, 2.05) is 74.5 Å². The number of nitrogens with one attached hydrogen (secondary N) is 1. The van der Waals surface area contributed by atoms with E-state index in [1.54, 1.807) is 6.20 Å². The van der Waals surface area contributed by atoms with Crippen LogP contribution in [-0.2, 0) is 4.74 Å². The van der Waals surface area contributed by atoms with Crippen molar-refractivity contribution in [2.75, 3.05) is 11.1 Å². The Kier molecular flexibility index (Phi) is 5.84. The molecule has 5 rings (SSSR count). The van der Waals surface area contributed by atoms with Crippen LogP contribution in [0.5, 0.6) is 11.6 Å². The Morgan fingerprint density at radius 3 is 2.56 bits per heavy atom. The Bertz CT molecular complexity index is 1310. The number of rotatable bonds is 6. The molecule has 1 saturated carbocycles. The van der Waals surface area contributed by atoms with Crippen molar-refractivity contribution in [1.29, 1.82) is 0 Å². The van der Waals surface area contributed by atoms with E-state index in [1.165, 1.54) is 6.42 Å². The van der Waals surface area contributed by atoms with Crippen molar-refractivity contribution in [1.82, 2.24) is 9.55 Å². The summed E-state index contributed by atoms with van der Waals surface area (Å²) in [5.41, 5.74) is 11.2. The minimum Gasteiger partial charge on any atom is -0.447 e. The molecule has 1 aliphatic rings. The molecular weight excluding hydrogens is 428 g/mol. The molecule has 0 atom stereocenters. The monoisotopic (exact) mass is 456 g/mol. The number of carbonyl (C=O) groups excluding carboxylic acids is 1. The lowest BCUT2D eigenvalue weighted by atomic mass is 9.92. The fraction of sp³-hybridized carbons (Fsp3) is 0.259. The zero-order chi connectivity index (χ0) is 23.7. The van der Waals surface area contributed by atoms with Crippen LogP contribution in [0.3, 0.4) is 0 Å². The molecule has 2 aromatic carbocycles. The van der Waals surface area contributed by atoms with Gasteiger partial charge >= 0.3 is 6.09 Å². The van der Waals surface area contributed by atoms with Crippen LogP contribution in [0, 0.1) is 0 Å². The van der Waals surface area contributed by atoms with Crippen molar-refractivity contribution in [2.24, 2.45) is 0 Å². The summed E-state index contributed by atoms with van der Waals surface area (Å²) in [7, 11) is 0. The Morgan fingerprint density at radius 2 is 1.91 bits per heavy atom. The second-order valence-corrected chi connectivity index (χ2v) is 8.82. The maximum Gasteiger partial charge on any atom is 0.411 e. The van der Waals surface area contributed by atoms with Crippen molar-refractivity contribution in [3.05, 3.63) is 66.9 Å². The molecule has 4 aromatic rings. The first-order valence-electron chi connectivity index (χ1n) is 11.6. The van der Waals surface area contributed by atoms with Crippen LogP contribution in [0.4, 0.5) is 16.2 Å². The number of carbonyl (C=O) groups is 1. The average Bonchev–Trinajstić information content (AvgIpc) is 3.05. The minimum absolute atomic E-state index is 0.177. The molecular formula is C27H28N4O3. The molecule has 34 heavy (non-hydrogen) atoms. The van der Waals surface area contributed by atoms with Crippen molar-refractivity contribution in [3.8, 4) is 22.9 Å². The lowest BCUT2D eigenvalue weighted by molar-refractivity contribution is 0.130. The fourth-order valence-electron chi connectivity index (χ4n) is 4.30. The van der Waals surface area contributed by atoms with Crippen LogP contribution in [0.25, 0.3) is 22.2 Å². The van der Waals surface area contributed by atoms with E-state index in [0.29, 0.717) is 17.6 Å². The zero-order valence-corrected chi connectivity index (χ0v) is 19.3. The number of nitrogens with two attached hydrogens (primary N) is 1. The van der Waals surface area contributed by atoms with Gasteiger partial charge in [0.15, 0.2) is 0 Å². The van der Waals surface area contributed by atoms with Crippen LogP contribution in [0.15, 0.2) is 66.9 Å². The van der Waals surface area contributed by atoms with E-state index in [-0.39, 0.29) is 6.10 Å². The number of ether oxygens (including phenoxy) is 2. The minimum atomic E-state index is -0.466. The number of anilines is 2. The van der Waals surface area contributed by atoms with E-state index in [9.17, 15) is 4.79 Å². The largest absolute Gasteiger partial charge is 0.447 e. The van der Waals surface area contributed by atoms with Gasteiger partial charge in [-0.25, -0.2) is 9.78 Å². The highest BCUT2D eigenvalue weighted by molar-refractivity contribution is 6.01. The van der Waals surface area contributed by atoms with Crippen LogP contribution < -0.4 is 15.8 Å². The summed E-state index contributed by atoms with van der Waals surface area (Å²) in [6, 6.07) is 19.7. The summed E-state index contributed by atoms with van der Waals surface area (Å²) >= 11 is 0. The van der Waals surface area contributed by atoms with E-state index >= 15 is 0 Å². The average molecular weight is 457 g/mol. The van der Waals surface area contributed by atoms with Gasteiger partial charge in [-0.2, -0.15) is 0 Å². The van der Waals surface area contributed by atoms with Gasteiger partial charge in [0.25, 0.3) is 0 Å². The first-order chi connectivity index (χ1) is 16.5. The number of nitrogens with zero attached hydrogens (tertiary/aromatic N) is 2. The highest BCUT2D eigenvalue weighted by Gasteiger charge is 2.27. The molecule has 1 aliphatic carbocycles. The van der Waals surface area contributed by atoms with Gasteiger partial charge in [-0.3, -0.25) is 5.32 Å². The molecule has 0 bridgehead atoms. The van der Waals surface area contributed by atoms with Crippen molar-refractivity contribution in [2.45, 2.75) is 45.3 Å². The first kappa shape index (κ1) is 21.8. The highest BCUT2D eigenvalue weighted by Crippen LogP contribution is 2.45. The number of aromatic nitrogens is 2. The van der Waals surface area contributed by atoms with E-state index in [4.69, 9.17) is 15.2 Å². The fourth-order valence-corrected chi connectivity index (χ4v) is 4.30. The predicted octanol–water partition coefficient (Wildman–Crippen LogP) is 6.76. The molecule has 174 valence electrons.